The Bertz CT molecular complexity index is 953. The van der Waals surface area contributed by atoms with E-state index in [2.05, 4.69) is 25.5 Å². The van der Waals surface area contributed by atoms with E-state index in [1.165, 1.54) is 18.5 Å². The number of anilines is 1. The zero-order valence-corrected chi connectivity index (χ0v) is 14.6. The number of hydrogen-bond acceptors (Lipinski definition) is 6. The molecule has 0 aliphatic carbocycles. The number of alkyl halides is 5. The molecule has 3 rings (SSSR count). The molecule has 0 spiro atoms. The molecule has 0 unspecified atom stereocenters. The molecule has 0 saturated heterocycles. The van der Waals surface area contributed by atoms with Gasteiger partial charge in [0.05, 0.1) is 16.7 Å². The lowest BCUT2D eigenvalue weighted by molar-refractivity contribution is -0.137. The van der Waals surface area contributed by atoms with Gasteiger partial charge in [0.1, 0.15) is 0 Å². The van der Waals surface area contributed by atoms with Gasteiger partial charge >= 0.3 is 12.6 Å². The average Bonchev–Trinajstić information content (AvgIpc) is 3.12. The van der Waals surface area contributed by atoms with Gasteiger partial charge in [0.15, 0.2) is 0 Å². The van der Waals surface area contributed by atoms with Gasteiger partial charge < -0.3 is 9.73 Å². The van der Waals surface area contributed by atoms with Gasteiger partial charge in [-0.15, -0.1) is 10.2 Å². The third-order valence-electron chi connectivity index (χ3n) is 3.86. The van der Waals surface area contributed by atoms with Gasteiger partial charge in [-0.2, -0.15) is 22.0 Å². The maximum Gasteiger partial charge on any atom is 0.416 e. The van der Waals surface area contributed by atoms with Crippen LogP contribution in [0.1, 0.15) is 37.3 Å². The predicted molar refractivity (Wildman–Crippen MR) is 88.4 cm³/mol. The molecule has 0 saturated carbocycles. The monoisotopic (exact) mass is 399 g/mol. The van der Waals surface area contributed by atoms with Crippen molar-refractivity contribution in [2.75, 3.05) is 5.32 Å². The Morgan fingerprint density at radius 3 is 2.21 bits per heavy atom. The van der Waals surface area contributed by atoms with Gasteiger partial charge in [-0.05, 0) is 31.5 Å². The second kappa shape index (κ2) is 7.13. The summed E-state index contributed by atoms with van der Waals surface area (Å²) in [5.74, 6) is -0.860. The van der Waals surface area contributed by atoms with E-state index in [9.17, 15) is 22.0 Å². The lowest BCUT2D eigenvalue weighted by atomic mass is 9.93. The lowest BCUT2D eigenvalue weighted by Crippen LogP contribution is -2.29. The molecule has 28 heavy (non-hydrogen) atoms. The SMILES string of the molecule is CC(C)(Nc1ncc(-c2nnc(C(F)F)o2)cn1)c1cccc(C(F)(F)F)c1. The summed E-state index contributed by atoms with van der Waals surface area (Å²) in [6.45, 7) is 3.35. The summed E-state index contributed by atoms with van der Waals surface area (Å²) in [5, 5.41) is 9.64. The van der Waals surface area contributed by atoms with E-state index in [1.54, 1.807) is 19.9 Å². The summed E-state index contributed by atoms with van der Waals surface area (Å²) in [4.78, 5) is 8.06. The Balaban J connectivity index is 1.79. The van der Waals surface area contributed by atoms with Gasteiger partial charge in [0.2, 0.25) is 5.95 Å². The second-order valence-corrected chi connectivity index (χ2v) is 6.37. The minimum atomic E-state index is -4.45. The zero-order chi connectivity index (χ0) is 20.5. The van der Waals surface area contributed by atoms with Crippen molar-refractivity contribution in [3.8, 4) is 11.5 Å². The fourth-order valence-corrected chi connectivity index (χ4v) is 2.38. The van der Waals surface area contributed by atoms with E-state index in [1.807, 2.05) is 0 Å². The molecule has 2 heterocycles. The number of rotatable bonds is 5. The van der Waals surface area contributed by atoms with Gasteiger partial charge in [-0.25, -0.2) is 9.97 Å². The first-order valence-corrected chi connectivity index (χ1v) is 7.96. The van der Waals surface area contributed by atoms with E-state index in [4.69, 9.17) is 4.42 Å². The van der Waals surface area contributed by atoms with Crippen molar-refractivity contribution in [3.63, 3.8) is 0 Å². The number of benzene rings is 1. The number of aromatic nitrogens is 4. The maximum atomic E-state index is 12.9. The van der Waals surface area contributed by atoms with E-state index >= 15 is 0 Å². The van der Waals surface area contributed by atoms with Crippen LogP contribution in [0.4, 0.5) is 27.9 Å². The minimum absolute atomic E-state index is 0.125. The van der Waals surface area contributed by atoms with Crippen LogP contribution >= 0.6 is 0 Å². The van der Waals surface area contributed by atoms with Crippen LogP contribution in [-0.4, -0.2) is 20.2 Å². The Kier molecular flexibility index (Phi) is 5.01. The summed E-state index contributed by atoms with van der Waals surface area (Å²) in [7, 11) is 0. The van der Waals surface area contributed by atoms with Crippen molar-refractivity contribution in [1.82, 2.24) is 20.2 Å². The van der Waals surface area contributed by atoms with Crippen LogP contribution in [0.15, 0.2) is 41.1 Å². The molecule has 0 radical (unpaired) electrons. The average molecular weight is 399 g/mol. The summed E-state index contributed by atoms with van der Waals surface area (Å²) in [6.07, 6.45) is -4.79. The smallest absolute Gasteiger partial charge is 0.415 e. The molecule has 1 aromatic carbocycles. The molecule has 148 valence electrons. The Labute approximate surface area is 155 Å². The zero-order valence-electron chi connectivity index (χ0n) is 14.6. The lowest BCUT2D eigenvalue weighted by Gasteiger charge is -2.27. The van der Waals surface area contributed by atoms with Crippen LogP contribution in [0.25, 0.3) is 11.5 Å². The van der Waals surface area contributed by atoms with Crippen molar-refractivity contribution in [1.29, 1.82) is 0 Å². The fourth-order valence-electron chi connectivity index (χ4n) is 2.38. The largest absolute Gasteiger partial charge is 0.416 e. The molecule has 2 aromatic heterocycles. The number of hydrogen-bond donors (Lipinski definition) is 1. The third-order valence-corrected chi connectivity index (χ3v) is 3.86. The van der Waals surface area contributed by atoms with Crippen molar-refractivity contribution >= 4 is 5.95 Å². The Morgan fingerprint density at radius 1 is 1.00 bits per heavy atom. The third kappa shape index (κ3) is 4.24. The second-order valence-electron chi connectivity index (χ2n) is 6.37. The first kappa shape index (κ1) is 19.6. The van der Waals surface area contributed by atoms with Gasteiger partial charge in [-0.1, -0.05) is 12.1 Å². The van der Waals surface area contributed by atoms with Crippen LogP contribution in [0, 0.1) is 0 Å². The van der Waals surface area contributed by atoms with E-state index in [0.29, 0.717) is 5.56 Å². The van der Waals surface area contributed by atoms with Crippen LogP contribution in [0.5, 0.6) is 0 Å². The molecule has 3 aromatic rings. The van der Waals surface area contributed by atoms with E-state index < -0.39 is 29.6 Å². The summed E-state index contributed by atoms with van der Waals surface area (Å²) in [6, 6.07) is 4.91. The summed E-state index contributed by atoms with van der Waals surface area (Å²) >= 11 is 0. The molecule has 0 fully saturated rings. The highest BCUT2D eigenvalue weighted by molar-refractivity contribution is 5.51. The van der Waals surface area contributed by atoms with Gasteiger partial charge in [0, 0.05) is 12.4 Å². The predicted octanol–water partition coefficient (Wildman–Crippen LogP) is 4.83. The number of nitrogens with one attached hydrogen (secondary N) is 1. The van der Waals surface area contributed by atoms with Gasteiger partial charge in [-0.3, -0.25) is 0 Å². The first-order chi connectivity index (χ1) is 13.1. The highest BCUT2D eigenvalue weighted by Gasteiger charge is 2.32. The van der Waals surface area contributed by atoms with Crippen LogP contribution in [0.2, 0.25) is 0 Å². The molecule has 1 N–H and O–H groups in total. The van der Waals surface area contributed by atoms with Crippen molar-refractivity contribution in [3.05, 3.63) is 53.7 Å². The first-order valence-electron chi connectivity index (χ1n) is 7.96. The van der Waals surface area contributed by atoms with Gasteiger partial charge in [0.25, 0.3) is 11.8 Å². The van der Waals surface area contributed by atoms with Crippen molar-refractivity contribution in [2.45, 2.75) is 32.0 Å². The molecule has 11 heteroatoms. The number of nitrogens with zero attached hydrogens (tertiary/aromatic N) is 4. The molecular weight excluding hydrogens is 385 g/mol. The molecule has 6 nitrogen and oxygen atoms in total. The normalized spacial score (nSPS) is 12.4. The molecule has 0 bridgehead atoms. The van der Waals surface area contributed by atoms with Crippen molar-refractivity contribution < 1.29 is 26.4 Å². The summed E-state index contributed by atoms with van der Waals surface area (Å²) < 4.78 is 68.6. The quantitative estimate of drug-likeness (QED) is 0.620. The summed E-state index contributed by atoms with van der Waals surface area (Å²) in [5.41, 5.74) is -1.08. The topological polar surface area (TPSA) is 76.7 Å². The van der Waals surface area contributed by atoms with E-state index in [0.717, 1.165) is 12.1 Å². The molecular formula is C17H14F5N5O. The molecule has 0 aliphatic rings. The van der Waals surface area contributed by atoms with Crippen LogP contribution in [0.3, 0.4) is 0 Å². The van der Waals surface area contributed by atoms with Crippen LogP contribution in [-0.2, 0) is 11.7 Å². The Hall–Kier alpha value is -3.11. The molecule has 0 amide bonds. The molecule has 0 atom stereocenters. The van der Waals surface area contributed by atoms with Crippen LogP contribution < -0.4 is 5.32 Å². The Morgan fingerprint density at radius 2 is 1.64 bits per heavy atom. The fraction of sp³-hybridized carbons (Fsp3) is 0.294. The highest BCUT2D eigenvalue weighted by atomic mass is 19.4. The number of halogens is 5. The highest BCUT2D eigenvalue weighted by Crippen LogP contribution is 2.33. The maximum absolute atomic E-state index is 12.9. The standard InChI is InChI=1S/C17H14F5N5O/c1-16(2,10-4-3-5-11(6-10)17(20,21)22)25-15-23-7-9(8-24-15)13-26-27-14(28-13)12(18)19/h3-8,12H,1-2H3,(H,23,24,25). The van der Waals surface area contributed by atoms with E-state index in [-0.39, 0.29) is 17.4 Å². The minimum Gasteiger partial charge on any atom is -0.415 e. The van der Waals surface area contributed by atoms with Crippen molar-refractivity contribution in [2.24, 2.45) is 0 Å². The molecule has 0 aliphatic heterocycles.